The van der Waals surface area contributed by atoms with Gasteiger partial charge in [0.2, 0.25) is 17.8 Å². The van der Waals surface area contributed by atoms with Crippen molar-refractivity contribution in [2.45, 2.75) is 45.4 Å². The van der Waals surface area contributed by atoms with E-state index >= 15 is 0 Å². The number of nitrogens with zero attached hydrogens (tertiary/aromatic N) is 2. The highest BCUT2D eigenvalue weighted by molar-refractivity contribution is 6.03. The molecule has 0 saturated heterocycles. The molecule has 8 heteroatoms. The van der Waals surface area contributed by atoms with Gasteiger partial charge in [-0.25, -0.2) is 9.97 Å². The van der Waals surface area contributed by atoms with Gasteiger partial charge in [-0.05, 0) is 37.8 Å². The Morgan fingerprint density at radius 3 is 2.73 bits per heavy atom. The lowest BCUT2D eigenvalue weighted by atomic mass is 9.88. The maximum Gasteiger partial charge on any atom is 0.257 e. The number of H-pyrrole nitrogens is 2. The van der Waals surface area contributed by atoms with Gasteiger partial charge in [-0.3, -0.25) is 20.2 Å². The normalized spacial score (nSPS) is 16.5. The lowest BCUT2D eigenvalue weighted by Gasteiger charge is -2.19. The zero-order valence-corrected chi connectivity index (χ0v) is 17.2. The Labute approximate surface area is 174 Å². The number of aryl methyl sites for hydroxylation is 1. The van der Waals surface area contributed by atoms with E-state index in [1.165, 1.54) is 0 Å². The molecular weight excluding hydrogens is 380 g/mol. The number of hydrogen-bond acceptors (Lipinski definition) is 4. The topological polar surface area (TPSA) is 116 Å². The van der Waals surface area contributed by atoms with Crippen LogP contribution in [-0.4, -0.2) is 31.8 Å². The van der Waals surface area contributed by atoms with E-state index in [-0.39, 0.29) is 23.7 Å². The summed E-state index contributed by atoms with van der Waals surface area (Å²) < 4.78 is 0. The molecule has 0 bridgehead atoms. The van der Waals surface area contributed by atoms with Crippen molar-refractivity contribution in [1.29, 1.82) is 0 Å². The zero-order chi connectivity index (χ0) is 21.1. The number of anilines is 2. The highest BCUT2D eigenvalue weighted by Gasteiger charge is 2.25. The molecule has 4 rings (SSSR count). The van der Waals surface area contributed by atoms with Gasteiger partial charge in [-0.2, -0.15) is 0 Å². The lowest BCUT2D eigenvalue weighted by Crippen LogP contribution is -2.20. The van der Waals surface area contributed by atoms with E-state index in [9.17, 15) is 9.59 Å². The third-order valence-electron chi connectivity index (χ3n) is 5.65. The van der Waals surface area contributed by atoms with Crippen LogP contribution in [0.5, 0.6) is 0 Å². The van der Waals surface area contributed by atoms with Gasteiger partial charge in [0.25, 0.3) is 5.91 Å². The monoisotopic (exact) mass is 406 g/mol. The van der Waals surface area contributed by atoms with E-state index < -0.39 is 0 Å². The van der Waals surface area contributed by atoms with Crippen molar-refractivity contribution >= 4 is 23.7 Å². The van der Waals surface area contributed by atoms with Crippen LogP contribution in [0.15, 0.2) is 36.5 Å². The third kappa shape index (κ3) is 4.27. The molecule has 0 aliphatic heterocycles. The highest BCUT2D eigenvalue weighted by atomic mass is 16.2. The molecule has 3 aromatic rings. The second kappa shape index (κ2) is 8.52. The molecule has 2 aromatic heterocycles. The molecule has 2 atom stereocenters. The van der Waals surface area contributed by atoms with Crippen molar-refractivity contribution in [1.82, 2.24) is 19.9 Å². The number of rotatable bonds is 6. The average Bonchev–Trinajstić information content (AvgIpc) is 3.39. The van der Waals surface area contributed by atoms with E-state index in [0.29, 0.717) is 17.5 Å². The van der Waals surface area contributed by atoms with Crippen molar-refractivity contribution < 1.29 is 9.59 Å². The summed E-state index contributed by atoms with van der Waals surface area (Å²) >= 11 is 0. The Kier molecular flexibility index (Phi) is 5.65. The SMILES string of the molecule is CC[C@@H](C)C(=O)Nc1nc2c([nH]1)CC(c1cnc(NC(=O)c3ccccc3)[nH]1)CC2. The standard InChI is InChI=1S/C22H26N6O2/c1-3-13(2)19(29)27-22-24-16-10-9-15(11-17(16)25-22)18-12-23-21(26-18)28-20(30)14-7-5-4-6-8-14/h4-8,12-13,15H,3,9-11H2,1-2H3,(H2,23,26,28,30)(H2,24,25,27,29)/t13-,15?/m1/s1. The number of amides is 2. The van der Waals surface area contributed by atoms with Crippen LogP contribution in [0.25, 0.3) is 0 Å². The number of aromatic nitrogens is 4. The molecule has 0 spiro atoms. The van der Waals surface area contributed by atoms with Gasteiger partial charge in [0, 0.05) is 28.8 Å². The summed E-state index contributed by atoms with van der Waals surface area (Å²) in [4.78, 5) is 39.8. The van der Waals surface area contributed by atoms with Gasteiger partial charge < -0.3 is 9.97 Å². The molecule has 0 saturated carbocycles. The molecule has 1 aliphatic rings. The van der Waals surface area contributed by atoms with Crippen molar-refractivity contribution in [2.24, 2.45) is 5.92 Å². The first kappa shape index (κ1) is 19.9. The Morgan fingerprint density at radius 2 is 1.97 bits per heavy atom. The summed E-state index contributed by atoms with van der Waals surface area (Å²) in [6.45, 7) is 3.89. The molecule has 1 aliphatic carbocycles. The van der Waals surface area contributed by atoms with E-state index in [4.69, 9.17) is 0 Å². The average molecular weight is 406 g/mol. The van der Waals surface area contributed by atoms with Crippen LogP contribution in [0.3, 0.4) is 0 Å². The van der Waals surface area contributed by atoms with Gasteiger partial charge in [0.05, 0.1) is 11.9 Å². The maximum atomic E-state index is 12.3. The third-order valence-corrected chi connectivity index (χ3v) is 5.65. The number of carbonyl (C=O) groups excluding carboxylic acids is 2. The van der Waals surface area contributed by atoms with Crippen LogP contribution in [0.1, 0.15) is 60.0 Å². The lowest BCUT2D eigenvalue weighted by molar-refractivity contribution is -0.119. The van der Waals surface area contributed by atoms with Crippen molar-refractivity contribution in [3.63, 3.8) is 0 Å². The van der Waals surface area contributed by atoms with Gasteiger partial charge in [0.15, 0.2) is 0 Å². The first-order valence-corrected chi connectivity index (χ1v) is 10.3. The minimum Gasteiger partial charge on any atom is -0.328 e. The molecule has 2 heterocycles. The van der Waals surface area contributed by atoms with E-state index in [1.807, 2.05) is 32.0 Å². The van der Waals surface area contributed by atoms with E-state index in [1.54, 1.807) is 18.3 Å². The summed E-state index contributed by atoms with van der Waals surface area (Å²) in [5.74, 6) is 0.938. The largest absolute Gasteiger partial charge is 0.328 e. The molecule has 4 N–H and O–H groups in total. The Balaban J connectivity index is 1.40. The van der Waals surface area contributed by atoms with Crippen LogP contribution >= 0.6 is 0 Å². The second-order valence-electron chi connectivity index (χ2n) is 7.76. The number of hydrogen-bond donors (Lipinski definition) is 4. The zero-order valence-electron chi connectivity index (χ0n) is 17.2. The molecule has 0 fully saturated rings. The minimum atomic E-state index is -0.197. The van der Waals surface area contributed by atoms with Gasteiger partial charge in [-0.1, -0.05) is 32.0 Å². The smallest absolute Gasteiger partial charge is 0.257 e. The first-order valence-electron chi connectivity index (χ1n) is 10.3. The van der Waals surface area contributed by atoms with Gasteiger partial charge >= 0.3 is 0 Å². The number of imidazole rings is 2. The molecule has 8 nitrogen and oxygen atoms in total. The molecule has 156 valence electrons. The number of benzene rings is 1. The Morgan fingerprint density at radius 1 is 1.17 bits per heavy atom. The Hall–Kier alpha value is -3.42. The quantitative estimate of drug-likeness (QED) is 0.500. The van der Waals surface area contributed by atoms with Crippen LogP contribution in [0.2, 0.25) is 0 Å². The van der Waals surface area contributed by atoms with Crippen molar-refractivity contribution in [2.75, 3.05) is 10.6 Å². The summed E-state index contributed by atoms with van der Waals surface area (Å²) in [7, 11) is 0. The van der Waals surface area contributed by atoms with Crippen LogP contribution in [-0.2, 0) is 17.6 Å². The van der Waals surface area contributed by atoms with Gasteiger partial charge in [0.1, 0.15) is 0 Å². The fourth-order valence-corrected chi connectivity index (χ4v) is 3.61. The molecule has 2 amide bonds. The summed E-state index contributed by atoms with van der Waals surface area (Å²) in [5.41, 5.74) is 3.60. The predicted molar refractivity (Wildman–Crippen MR) is 114 cm³/mol. The van der Waals surface area contributed by atoms with Crippen molar-refractivity contribution in [3.05, 3.63) is 59.2 Å². The molecule has 0 radical (unpaired) electrons. The Bertz CT molecular complexity index is 1040. The summed E-state index contributed by atoms with van der Waals surface area (Å²) in [5, 5.41) is 5.68. The van der Waals surface area contributed by atoms with E-state index in [2.05, 4.69) is 30.6 Å². The molecule has 1 unspecified atom stereocenters. The summed E-state index contributed by atoms with van der Waals surface area (Å²) in [6, 6.07) is 9.05. The molecule has 30 heavy (non-hydrogen) atoms. The van der Waals surface area contributed by atoms with Gasteiger partial charge in [-0.15, -0.1) is 0 Å². The maximum absolute atomic E-state index is 12.3. The van der Waals surface area contributed by atoms with E-state index in [0.717, 1.165) is 42.8 Å². The minimum absolute atomic E-state index is 0.0208. The first-order chi connectivity index (χ1) is 14.5. The van der Waals surface area contributed by atoms with Crippen molar-refractivity contribution in [3.8, 4) is 0 Å². The number of fused-ring (bicyclic) bond motifs is 1. The fraction of sp³-hybridized carbons (Fsp3) is 0.364. The van der Waals surface area contributed by atoms with Crippen LogP contribution in [0.4, 0.5) is 11.9 Å². The summed E-state index contributed by atoms with van der Waals surface area (Å²) in [6.07, 6.45) is 5.08. The highest BCUT2D eigenvalue weighted by Crippen LogP contribution is 2.32. The fourth-order valence-electron chi connectivity index (χ4n) is 3.61. The van der Waals surface area contributed by atoms with Crippen LogP contribution < -0.4 is 10.6 Å². The predicted octanol–water partition coefficient (Wildman–Crippen LogP) is 3.64. The number of aromatic amines is 2. The number of carbonyl (C=O) groups is 2. The molecule has 1 aromatic carbocycles. The number of nitrogens with one attached hydrogen (secondary N) is 4. The second-order valence-corrected chi connectivity index (χ2v) is 7.76. The molecular formula is C22H26N6O2. The van der Waals surface area contributed by atoms with Crippen LogP contribution in [0, 0.1) is 5.92 Å².